The van der Waals surface area contributed by atoms with Crippen molar-refractivity contribution in [2.24, 2.45) is 4.99 Å². The first-order valence-electron chi connectivity index (χ1n) is 9.56. The Labute approximate surface area is 194 Å². The maximum Gasteiger partial charge on any atom is 0.248 e. The molecular formula is C21H23ClN2O4S3. The summed E-state index contributed by atoms with van der Waals surface area (Å²) in [7, 11) is -1.95. The SMILES string of the molecule is COc1ccc(S(=O)(=O)CCCC(=O)N=c2sc3cc(Cl)ccc3n2CCSC)cc1. The van der Waals surface area contributed by atoms with E-state index in [0.29, 0.717) is 15.6 Å². The molecule has 0 atom stereocenters. The van der Waals surface area contributed by atoms with Crippen LogP contribution in [0.15, 0.2) is 52.4 Å². The second-order valence-electron chi connectivity index (χ2n) is 6.74. The summed E-state index contributed by atoms with van der Waals surface area (Å²) in [6.45, 7) is 0.723. The van der Waals surface area contributed by atoms with Crippen LogP contribution in [0.2, 0.25) is 5.02 Å². The number of thioether (sulfide) groups is 1. The summed E-state index contributed by atoms with van der Waals surface area (Å²) in [5.41, 5.74) is 0.983. The van der Waals surface area contributed by atoms with Gasteiger partial charge in [0.1, 0.15) is 5.75 Å². The third-order valence-electron chi connectivity index (χ3n) is 4.61. The highest BCUT2D eigenvalue weighted by Gasteiger charge is 2.15. The molecule has 166 valence electrons. The molecule has 3 aromatic rings. The number of hydrogen-bond donors (Lipinski definition) is 0. The van der Waals surface area contributed by atoms with Crippen molar-refractivity contribution in [2.45, 2.75) is 24.3 Å². The van der Waals surface area contributed by atoms with Crippen molar-refractivity contribution in [1.82, 2.24) is 4.57 Å². The summed E-state index contributed by atoms with van der Waals surface area (Å²) in [4.78, 5) is 17.6. The summed E-state index contributed by atoms with van der Waals surface area (Å²) in [5.74, 6) is 1.03. The zero-order valence-electron chi connectivity index (χ0n) is 17.2. The Morgan fingerprint density at radius 3 is 2.65 bits per heavy atom. The van der Waals surface area contributed by atoms with E-state index in [1.165, 1.54) is 30.6 Å². The number of carbonyl (C=O) groups excluding carboxylic acids is 1. The molecule has 0 saturated heterocycles. The molecule has 0 aliphatic carbocycles. The standard InChI is InChI=1S/C21H23ClN2O4S3/c1-28-16-6-8-17(9-7-16)31(26,27)13-3-4-20(25)23-21-24(11-12-29-2)18-10-5-15(22)14-19(18)30-21/h5-10,14H,3-4,11-13H2,1-2H3. The van der Waals surface area contributed by atoms with Gasteiger partial charge in [0.25, 0.3) is 0 Å². The van der Waals surface area contributed by atoms with Crippen LogP contribution in [0.25, 0.3) is 10.2 Å². The predicted molar refractivity (Wildman–Crippen MR) is 128 cm³/mol. The molecule has 1 heterocycles. The van der Waals surface area contributed by atoms with Crippen LogP contribution in [0.5, 0.6) is 5.75 Å². The molecule has 6 nitrogen and oxygen atoms in total. The zero-order valence-corrected chi connectivity index (χ0v) is 20.4. The summed E-state index contributed by atoms with van der Waals surface area (Å²) < 4.78 is 33.0. The Hall–Kier alpha value is -1.81. The lowest BCUT2D eigenvalue weighted by Gasteiger charge is -2.05. The molecule has 0 aliphatic heterocycles. The lowest BCUT2D eigenvalue weighted by Crippen LogP contribution is -2.18. The number of fused-ring (bicyclic) bond motifs is 1. The molecule has 1 aromatic heterocycles. The van der Waals surface area contributed by atoms with Gasteiger partial charge in [0.15, 0.2) is 14.6 Å². The Morgan fingerprint density at radius 2 is 1.97 bits per heavy atom. The molecular weight excluding hydrogens is 476 g/mol. The molecule has 0 saturated carbocycles. The molecule has 0 N–H and O–H groups in total. The highest BCUT2D eigenvalue weighted by atomic mass is 35.5. The van der Waals surface area contributed by atoms with E-state index in [1.807, 2.05) is 29.0 Å². The minimum atomic E-state index is -3.47. The van der Waals surface area contributed by atoms with Crippen LogP contribution in [0.3, 0.4) is 0 Å². The fraction of sp³-hybridized carbons (Fsp3) is 0.333. The largest absolute Gasteiger partial charge is 0.497 e. The molecule has 0 bridgehead atoms. The van der Waals surface area contributed by atoms with Crippen LogP contribution >= 0.6 is 34.7 Å². The molecule has 0 spiro atoms. The van der Waals surface area contributed by atoms with Crippen LogP contribution in [-0.4, -0.2) is 43.8 Å². The van der Waals surface area contributed by atoms with Crippen molar-refractivity contribution < 1.29 is 17.9 Å². The molecule has 0 fully saturated rings. The third-order valence-corrected chi connectivity index (χ3v) is 8.29. The number of thiazole rings is 1. The maximum atomic E-state index is 12.5. The second kappa shape index (κ2) is 10.7. The van der Waals surface area contributed by atoms with Crippen LogP contribution in [0, 0.1) is 0 Å². The number of ether oxygens (including phenoxy) is 1. The van der Waals surface area contributed by atoms with Crippen LogP contribution in [-0.2, 0) is 21.2 Å². The van der Waals surface area contributed by atoms with Crippen LogP contribution in [0.4, 0.5) is 0 Å². The second-order valence-corrected chi connectivity index (χ2v) is 11.3. The van der Waals surface area contributed by atoms with Crippen LogP contribution in [0.1, 0.15) is 12.8 Å². The van der Waals surface area contributed by atoms with Crippen molar-refractivity contribution in [3.8, 4) is 5.75 Å². The number of halogens is 1. The number of nitrogens with zero attached hydrogens (tertiary/aromatic N) is 2. The van der Waals surface area contributed by atoms with E-state index in [0.717, 1.165) is 22.5 Å². The van der Waals surface area contributed by atoms with Gasteiger partial charge in [-0.25, -0.2) is 8.42 Å². The lowest BCUT2D eigenvalue weighted by atomic mass is 10.3. The Balaban J connectivity index is 1.72. The van der Waals surface area contributed by atoms with Gasteiger partial charge in [-0.2, -0.15) is 16.8 Å². The van der Waals surface area contributed by atoms with Gasteiger partial charge >= 0.3 is 0 Å². The molecule has 0 unspecified atom stereocenters. The van der Waals surface area contributed by atoms with Crippen molar-refractivity contribution in [1.29, 1.82) is 0 Å². The Bertz CT molecular complexity index is 1230. The Morgan fingerprint density at radius 1 is 1.23 bits per heavy atom. The fourth-order valence-corrected chi connectivity index (χ4v) is 6.03. The first-order chi connectivity index (χ1) is 14.8. The molecule has 0 radical (unpaired) electrons. The zero-order chi connectivity index (χ0) is 22.4. The van der Waals surface area contributed by atoms with Crippen molar-refractivity contribution in [3.05, 3.63) is 52.3 Å². The normalized spacial score (nSPS) is 12.4. The number of benzene rings is 2. The monoisotopic (exact) mass is 498 g/mol. The minimum Gasteiger partial charge on any atom is -0.497 e. The van der Waals surface area contributed by atoms with Gasteiger partial charge in [0.05, 0.1) is 28.0 Å². The van der Waals surface area contributed by atoms with E-state index in [2.05, 4.69) is 4.99 Å². The summed E-state index contributed by atoms with van der Waals surface area (Å²) in [6.07, 6.45) is 2.29. The molecule has 3 rings (SSSR count). The molecule has 10 heteroatoms. The number of hydrogen-bond acceptors (Lipinski definition) is 6. The molecule has 0 aliphatic rings. The van der Waals surface area contributed by atoms with Gasteiger partial charge in [-0.15, -0.1) is 0 Å². The number of sulfone groups is 1. The van der Waals surface area contributed by atoms with Gasteiger partial charge < -0.3 is 9.30 Å². The van der Waals surface area contributed by atoms with E-state index in [4.69, 9.17) is 16.3 Å². The number of carbonyl (C=O) groups is 1. The van der Waals surface area contributed by atoms with Crippen molar-refractivity contribution in [2.75, 3.05) is 24.9 Å². The first-order valence-corrected chi connectivity index (χ1v) is 13.8. The molecule has 1 amide bonds. The number of amides is 1. The van der Waals surface area contributed by atoms with Crippen molar-refractivity contribution >= 4 is 60.7 Å². The van der Waals surface area contributed by atoms with Gasteiger partial charge in [0, 0.05) is 23.7 Å². The summed E-state index contributed by atoms with van der Waals surface area (Å²) >= 11 is 9.22. The fourth-order valence-electron chi connectivity index (χ4n) is 3.01. The summed E-state index contributed by atoms with van der Waals surface area (Å²) in [6, 6.07) is 11.8. The first kappa shape index (κ1) is 23.8. The van der Waals surface area contributed by atoms with Gasteiger partial charge in [-0.3, -0.25) is 4.79 Å². The topological polar surface area (TPSA) is 77.7 Å². The third kappa shape index (κ3) is 6.12. The quantitative estimate of drug-likeness (QED) is 0.436. The number of methoxy groups -OCH3 is 1. The maximum absolute atomic E-state index is 12.5. The number of aryl methyl sites for hydroxylation is 1. The predicted octanol–water partition coefficient (Wildman–Crippen LogP) is 4.41. The van der Waals surface area contributed by atoms with Crippen molar-refractivity contribution in [3.63, 3.8) is 0 Å². The highest BCUT2D eigenvalue weighted by Crippen LogP contribution is 2.22. The average molecular weight is 499 g/mol. The minimum absolute atomic E-state index is 0.0624. The lowest BCUT2D eigenvalue weighted by molar-refractivity contribution is -0.118. The van der Waals surface area contributed by atoms with Gasteiger partial charge in [0.2, 0.25) is 5.91 Å². The highest BCUT2D eigenvalue weighted by molar-refractivity contribution is 7.98. The number of aromatic nitrogens is 1. The molecule has 31 heavy (non-hydrogen) atoms. The van der Waals surface area contributed by atoms with E-state index in [1.54, 1.807) is 23.9 Å². The number of rotatable bonds is 9. The van der Waals surface area contributed by atoms with E-state index in [9.17, 15) is 13.2 Å². The van der Waals surface area contributed by atoms with E-state index in [-0.39, 0.29) is 29.4 Å². The average Bonchev–Trinajstić information content (AvgIpc) is 3.07. The smallest absolute Gasteiger partial charge is 0.248 e. The molecule has 2 aromatic carbocycles. The van der Waals surface area contributed by atoms with Gasteiger partial charge in [-0.1, -0.05) is 22.9 Å². The van der Waals surface area contributed by atoms with E-state index >= 15 is 0 Å². The Kier molecular flexibility index (Phi) is 8.21. The summed E-state index contributed by atoms with van der Waals surface area (Å²) in [5, 5.41) is 0.632. The van der Waals surface area contributed by atoms with E-state index < -0.39 is 9.84 Å². The van der Waals surface area contributed by atoms with Gasteiger partial charge in [-0.05, 0) is 55.1 Å². The van der Waals surface area contributed by atoms with Crippen LogP contribution < -0.4 is 9.54 Å².